The Balaban J connectivity index is 2.03. The molecule has 30 heavy (non-hydrogen) atoms. The lowest BCUT2D eigenvalue weighted by Crippen LogP contribution is -2.42. The predicted molar refractivity (Wildman–Crippen MR) is 113 cm³/mol. The number of aryl methyl sites for hydroxylation is 1. The maximum absolute atomic E-state index is 12.3. The normalized spacial score (nSPS) is 14.7. The molecule has 3 atom stereocenters. The SMILES string of the molecule is C=CC[C@H](O)[C@@H](OCc1ccc(OC)cc1)[C@H](O)COS(=O)(=O)c1ccc(C)cc1. The van der Waals surface area contributed by atoms with Crippen molar-refractivity contribution in [2.75, 3.05) is 13.7 Å². The molecule has 0 heterocycles. The first-order valence-electron chi connectivity index (χ1n) is 9.44. The third-order valence-corrected chi connectivity index (χ3v) is 5.77. The Morgan fingerprint density at radius 2 is 1.67 bits per heavy atom. The molecule has 2 rings (SSSR count). The standard InChI is InChI=1S/C22H28O7S/c1-4-5-20(23)22(28-14-17-8-10-18(27-3)11-9-17)21(24)15-29-30(25,26)19-12-6-16(2)7-13-19/h4,6-13,20-24H,1,5,14-15H2,2-3H3/t20-,21+,22+/m0/s1. The van der Waals surface area contributed by atoms with E-state index < -0.39 is 35.0 Å². The highest BCUT2D eigenvalue weighted by Gasteiger charge is 2.29. The number of ether oxygens (including phenoxy) is 2. The summed E-state index contributed by atoms with van der Waals surface area (Å²) in [6, 6.07) is 13.3. The highest BCUT2D eigenvalue weighted by atomic mass is 32.2. The first-order valence-corrected chi connectivity index (χ1v) is 10.9. The average molecular weight is 437 g/mol. The van der Waals surface area contributed by atoms with Crippen molar-refractivity contribution in [3.8, 4) is 5.75 Å². The van der Waals surface area contributed by atoms with Crippen LogP contribution in [0.5, 0.6) is 5.75 Å². The van der Waals surface area contributed by atoms with Crippen molar-refractivity contribution >= 4 is 10.1 Å². The molecule has 0 saturated heterocycles. The van der Waals surface area contributed by atoms with Crippen LogP contribution in [0.1, 0.15) is 17.5 Å². The molecule has 8 heteroatoms. The zero-order chi connectivity index (χ0) is 22.1. The molecule has 0 amide bonds. The van der Waals surface area contributed by atoms with Gasteiger partial charge in [0.05, 0.1) is 31.3 Å². The molecule has 7 nitrogen and oxygen atoms in total. The smallest absolute Gasteiger partial charge is 0.297 e. The first kappa shape index (κ1) is 24.0. The van der Waals surface area contributed by atoms with Gasteiger partial charge in [0, 0.05) is 0 Å². The Morgan fingerprint density at radius 3 is 2.23 bits per heavy atom. The highest BCUT2D eigenvalue weighted by Crippen LogP contribution is 2.18. The summed E-state index contributed by atoms with van der Waals surface area (Å²) in [5, 5.41) is 20.8. The molecule has 0 aromatic heterocycles. The minimum absolute atomic E-state index is 0.0114. The largest absolute Gasteiger partial charge is 0.497 e. The van der Waals surface area contributed by atoms with Crippen LogP contribution in [0, 0.1) is 6.92 Å². The minimum Gasteiger partial charge on any atom is -0.497 e. The van der Waals surface area contributed by atoms with E-state index in [1.165, 1.54) is 18.2 Å². The van der Waals surface area contributed by atoms with Crippen molar-refractivity contribution in [3.63, 3.8) is 0 Å². The van der Waals surface area contributed by atoms with E-state index in [-0.39, 0.29) is 17.9 Å². The van der Waals surface area contributed by atoms with E-state index in [9.17, 15) is 18.6 Å². The third-order valence-electron chi connectivity index (χ3n) is 4.47. The molecule has 0 fully saturated rings. The fourth-order valence-electron chi connectivity index (χ4n) is 2.72. The lowest BCUT2D eigenvalue weighted by molar-refractivity contribution is -0.114. The van der Waals surface area contributed by atoms with E-state index in [1.807, 2.05) is 6.92 Å². The highest BCUT2D eigenvalue weighted by molar-refractivity contribution is 7.86. The number of aliphatic hydroxyl groups is 2. The van der Waals surface area contributed by atoms with Crippen LogP contribution in [0.4, 0.5) is 0 Å². The second-order valence-corrected chi connectivity index (χ2v) is 8.45. The number of benzene rings is 2. The van der Waals surface area contributed by atoms with Crippen molar-refractivity contribution < 1.29 is 32.3 Å². The predicted octanol–water partition coefficient (Wildman–Crippen LogP) is 2.59. The number of methoxy groups -OCH3 is 1. The molecule has 164 valence electrons. The molecule has 0 spiro atoms. The second kappa shape index (κ2) is 11.2. The van der Waals surface area contributed by atoms with Gasteiger partial charge < -0.3 is 19.7 Å². The Labute approximate surface area is 177 Å². The van der Waals surface area contributed by atoms with Gasteiger partial charge in [0.2, 0.25) is 0 Å². The molecule has 0 aliphatic carbocycles. The van der Waals surface area contributed by atoms with Gasteiger partial charge in [0.25, 0.3) is 10.1 Å². The molecule has 0 aliphatic heterocycles. The van der Waals surface area contributed by atoms with Crippen LogP contribution in [-0.4, -0.2) is 50.7 Å². The van der Waals surface area contributed by atoms with E-state index in [2.05, 4.69) is 6.58 Å². The van der Waals surface area contributed by atoms with E-state index >= 15 is 0 Å². The maximum Gasteiger partial charge on any atom is 0.297 e. The molecule has 2 aromatic carbocycles. The second-order valence-electron chi connectivity index (χ2n) is 6.83. The van der Waals surface area contributed by atoms with Crippen molar-refractivity contribution in [3.05, 3.63) is 72.3 Å². The monoisotopic (exact) mass is 436 g/mol. The summed E-state index contributed by atoms with van der Waals surface area (Å²) in [7, 11) is -2.49. The average Bonchev–Trinajstić information content (AvgIpc) is 2.73. The van der Waals surface area contributed by atoms with Crippen LogP contribution in [0.25, 0.3) is 0 Å². The Morgan fingerprint density at radius 1 is 1.03 bits per heavy atom. The molecule has 0 bridgehead atoms. The van der Waals surface area contributed by atoms with Crippen molar-refractivity contribution in [1.29, 1.82) is 0 Å². The van der Waals surface area contributed by atoms with Crippen molar-refractivity contribution in [2.24, 2.45) is 0 Å². The molecule has 0 unspecified atom stereocenters. The summed E-state index contributed by atoms with van der Waals surface area (Å²) in [5.41, 5.74) is 1.71. The van der Waals surface area contributed by atoms with Crippen LogP contribution in [-0.2, 0) is 25.6 Å². The Kier molecular flexibility index (Phi) is 9.01. The van der Waals surface area contributed by atoms with Gasteiger partial charge in [-0.15, -0.1) is 6.58 Å². The van der Waals surface area contributed by atoms with Gasteiger partial charge in [-0.2, -0.15) is 8.42 Å². The van der Waals surface area contributed by atoms with Crippen molar-refractivity contribution in [1.82, 2.24) is 0 Å². The van der Waals surface area contributed by atoms with Crippen LogP contribution in [0.2, 0.25) is 0 Å². The van der Waals surface area contributed by atoms with Gasteiger partial charge in [-0.3, -0.25) is 4.18 Å². The number of rotatable bonds is 12. The molecule has 0 saturated carbocycles. The molecule has 2 aromatic rings. The summed E-state index contributed by atoms with van der Waals surface area (Å²) in [4.78, 5) is -0.0114. The topological polar surface area (TPSA) is 102 Å². The zero-order valence-electron chi connectivity index (χ0n) is 17.1. The quantitative estimate of drug-likeness (QED) is 0.389. The number of hydrogen-bond acceptors (Lipinski definition) is 7. The summed E-state index contributed by atoms with van der Waals surface area (Å²) in [5.74, 6) is 0.691. The van der Waals surface area contributed by atoms with E-state index in [0.717, 1.165) is 11.1 Å². The summed E-state index contributed by atoms with van der Waals surface area (Å²) < 4.78 is 40.5. The molecule has 0 radical (unpaired) electrons. The van der Waals surface area contributed by atoms with Gasteiger partial charge in [0.1, 0.15) is 18.0 Å². The molecular weight excluding hydrogens is 408 g/mol. The molecular formula is C22H28O7S. The lowest BCUT2D eigenvalue weighted by atomic mass is 10.1. The zero-order valence-corrected chi connectivity index (χ0v) is 17.9. The lowest BCUT2D eigenvalue weighted by Gasteiger charge is -2.27. The fourth-order valence-corrected chi connectivity index (χ4v) is 3.65. The summed E-state index contributed by atoms with van der Waals surface area (Å²) >= 11 is 0. The molecule has 0 aliphatic rings. The van der Waals surface area contributed by atoms with Crippen molar-refractivity contribution in [2.45, 2.75) is 43.2 Å². The summed E-state index contributed by atoms with van der Waals surface area (Å²) in [6.07, 6.45) is -1.88. The van der Waals surface area contributed by atoms with E-state index in [4.69, 9.17) is 13.7 Å². The van der Waals surface area contributed by atoms with Gasteiger partial charge in [0.15, 0.2) is 0 Å². The first-order chi connectivity index (χ1) is 14.3. The number of aliphatic hydroxyl groups excluding tert-OH is 2. The molecule has 2 N–H and O–H groups in total. The van der Waals surface area contributed by atoms with Gasteiger partial charge in [-0.05, 0) is 43.2 Å². The fraction of sp³-hybridized carbons (Fsp3) is 0.364. The summed E-state index contributed by atoms with van der Waals surface area (Å²) in [6.45, 7) is 4.96. The van der Waals surface area contributed by atoms with Crippen LogP contribution in [0.3, 0.4) is 0 Å². The van der Waals surface area contributed by atoms with E-state index in [0.29, 0.717) is 5.75 Å². The minimum atomic E-state index is -4.05. The Bertz CT molecular complexity index is 892. The van der Waals surface area contributed by atoms with Crippen LogP contribution in [0.15, 0.2) is 66.1 Å². The third kappa shape index (κ3) is 6.93. The van der Waals surface area contributed by atoms with E-state index in [1.54, 1.807) is 43.5 Å². The number of hydrogen-bond donors (Lipinski definition) is 2. The maximum atomic E-state index is 12.3. The van der Waals surface area contributed by atoms with Gasteiger partial charge in [-0.1, -0.05) is 35.9 Å². The van der Waals surface area contributed by atoms with Crippen LogP contribution >= 0.6 is 0 Å². The van der Waals surface area contributed by atoms with Crippen LogP contribution < -0.4 is 4.74 Å². The van der Waals surface area contributed by atoms with Gasteiger partial charge in [-0.25, -0.2) is 0 Å². The van der Waals surface area contributed by atoms with Gasteiger partial charge >= 0.3 is 0 Å². The Hall–Kier alpha value is -2.23.